The van der Waals surface area contributed by atoms with Gasteiger partial charge in [-0.1, -0.05) is 12.1 Å². The Morgan fingerprint density at radius 2 is 2.18 bits per heavy atom. The Kier molecular flexibility index (Phi) is 3.64. The van der Waals surface area contributed by atoms with Crippen molar-refractivity contribution in [1.29, 1.82) is 0 Å². The number of ether oxygens (including phenoxy) is 2. The molecule has 1 aliphatic rings. The maximum atomic E-state index is 11.7. The predicted molar refractivity (Wildman–Crippen MR) is 64.1 cm³/mol. The molecule has 0 aliphatic carbocycles. The molecule has 1 aromatic rings. The molecular weight excluding hydrogens is 218 g/mol. The number of carbonyl (C=O) groups is 1. The molecule has 4 heteroatoms. The van der Waals surface area contributed by atoms with Crippen LogP contribution in [-0.4, -0.2) is 33.3 Å². The summed E-state index contributed by atoms with van der Waals surface area (Å²) >= 11 is 0. The molecule has 92 valence electrons. The van der Waals surface area contributed by atoms with Gasteiger partial charge in [0.25, 0.3) is 0 Å². The summed E-state index contributed by atoms with van der Waals surface area (Å²) in [7, 11) is 3.08. The first-order valence-corrected chi connectivity index (χ1v) is 5.68. The second-order valence-electron chi connectivity index (χ2n) is 4.17. The highest BCUT2D eigenvalue weighted by Crippen LogP contribution is 2.30. The smallest absolute Gasteiger partial charge is 0.310 e. The molecule has 1 aliphatic heterocycles. The molecule has 0 saturated carbocycles. The molecule has 17 heavy (non-hydrogen) atoms. The molecule has 0 bridgehead atoms. The monoisotopic (exact) mass is 235 g/mol. The summed E-state index contributed by atoms with van der Waals surface area (Å²) in [6, 6.07) is 7.85. The van der Waals surface area contributed by atoms with E-state index >= 15 is 0 Å². The second-order valence-corrected chi connectivity index (χ2v) is 4.17. The SMILES string of the molecule is COC(=O)[C@H]1CNC[C@H]1c1cccc(OC)c1. The molecule has 0 aromatic heterocycles. The van der Waals surface area contributed by atoms with E-state index in [1.54, 1.807) is 7.11 Å². The van der Waals surface area contributed by atoms with Crippen LogP contribution in [0.15, 0.2) is 24.3 Å². The van der Waals surface area contributed by atoms with Crippen molar-refractivity contribution in [2.24, 2.45) is 5.92 Å². The molecule has 4 nitrogen and oxygen atoms in total. The number of hydrogen-bond donors (Lipinski definition) is 1. The molecule has 0 radical (unpaired) electrons. The van der Waals surface area contributed by atoms with Gasteiger partial charge in [0.1, 0.15) is 5.75 Å². The largest absolute Gasteiger partial charge is 0.497 e. The van der Waals surface area contributed by atoms with E-state index in [0.29, 0.717) is 6.54 Å². The van der Waals surface area contributed by atoms with Crippen molar-refractivity contribution in [3.8, 4) is 5.75 Å². The minimum Gasteiger partial charge on any atom is -0.497 e. The zero-order valence-corrected chi connectivity index (χ0v) is 10.1. The Morgan fingerprint density at radius 1 is 1.35 bits per heavy atom. The third kappa shape index (κ3) is 2.42. The summed E-state index contributed by atoms with van der Waals surface area (Å²) < 4.78 is 10.0. The van der Waals surface area contributed by atoms with Gasteiger partial charge in [0.05, 0.1) is 20.1 Å². The molecular formula is C13H17NO3. The summed E-state index contributed by atoms with van der Waals surface area (Å²) in [6.45, 7) is 1.47. The van der Waals surface area contributed by atoms with E-state index in [1.165, 1.54) is 7.11 Å². The number of hydrogen-bond acceptors (Lipinski definition) is 4. The Balaban J connectivity index is 2.22. The van der Waals surface area contributed by atoms with Gasteiger partial charge in [0, 0.05) is 19.0 Å². The van der Waals surface area contributed by atoms with Crippen molar-refractivity contribution in [3.63, 3.8) is 0 Å². The highest BCUT2D eigenvalue weighted by molar-refractivity contribution is 5.74. The van der Waals surface area contributed by atoms with Gasteiger partial charge < -0.3 is 14.8 Å². The molecule has 0 unspecified atom stereocenters. The van der Waals surface area contributed by atoms with Crippen molar-refractivity contribution in [3.05, 3.63) is 29.8 Å². The van der Waals surface area contributed by atoms with Crippen LogP contribution in [0.1, 0.15) is 11.5 Å². The van der Waals surface area contributed by atoms with Crippen molar-refractivity contribution in [2.75, 3.05) is 27.3 Å². The van der Waals surface area contributed by atoms with Gasteiger partial charge in [0.15, 0.2) is 0 Å². The van der Waals surface area contributed by atoms with Crippen molar-refractivity contribution in [1.82, 2.24) is 5.32 Å². The number of nitrogens with one attached hydrogen (secondary N) is 1. The summed E-state index contributed by atoms with van der Waals surface area (Å²) in [5, 5.41) is 3.23. The quantitative estimate of drug-likeness (QED) is 0.799. The molecule has 2 atom stereocenters. The summed E-state index contributed by atoms with van der Waals surface area (Å²) in [6.07, 6.45) is 0. The van der Waals surface area contributed by atoms with Gasteiger partial charge in [-0.3, -0.25) is 4.79 Å². The molecule has 2 rings (SSSR count). The number of methoxy groups -OCH3 is 2. The fraction of sp³-hybridized carbons (Fsp3) is 0.462. The molecule has 0 spiro atoms. The molecule has 1 N–H and O–H groups in total. The van der Waals surface area contributed by atoms with Crippen LogP contribution in [-0.2, 0) is 9.53 Å². The van der Waals surface area contributed by atoms with E-state index < -0.39 is 0 Å². The Morgan fingerprint density at radius 3 is 2.88 bits per heavy atom. The van der Waals surface area contributed by atoms with Gasteiger partial charge in [-0.25, -0.2) is 0 Å². The lowest BCUT2D eigenvalue weighted by Gasteiger charge is -2.17. The van der Waals surface area contributed by atoms with Crippen LogP contribution in [0.3, 0.4) is 0 Å². The maximum absolute atomic E-state index is 11.7. The number of esters is 1. The maximum Gasteiger partial charge on any atom is 0.310 e. The predicted octanol–water partition coefficient (Wildman–Crippen LogP) is 1.17. The van der Waals surface area contributed by atoms with Crippen LogP contribution in [0.2, 0.25) is 0 Å². The minimum absolute atomic E-state index is 0.105. The van der Waals surface area contributed by atoms with Crippen LogP contribution in [0, 0.1) is 5.92 Å². The number of rotatable bonds is 3. The molecule has 1 aromatic carbocycles. The number of benzene rings is 1. The minimum atomic E-state index is -0.150. The second kappa shape index (κ2) is 5.19. The Hall–Kier alpha value is -1.55. The zero-order chi connectivity index (χ0) is 12.3. The van der Waals surface area contributed by atoms with E-state index in [0.717, 1.165) is 17.9 Å². The van der Waals surface area contributed by atoms with Gasteiger partial charge in [0.2, 0.25) is 0 Å². The summed E-state index contributed by atoms with van der Waals surface area (Å²) in [5.74, 6) is 0.727. The molecule has 1 saturated heterocycles. The van der Waals surface area contributed by atoms with Crippen LogP contribution < -0.4 is 10.1 Å². The molecule has 0 amide bonds. The standard InChI is InChI=1S/C13H17NO3/c1-16-10-5-3-4-9(6-10)11-7-14-8-12(11)13(15)17-2/h3-6,11-12,14H,7-8H2,1-2H3/t11-,12-/m0/s1. The van der Waals surface area contributed by atoms with Gasteiger partial charge >= 0.3 is 5.97 Å². The van der Waals surface area contributed by atoms with E-state index in [1.807, 2.05) is 24.3 Å². The lowest BCUT2D eigenvalue weighted by atomic mass is 9.89. The Labute approximate surface area is 101 Å². The van der Waals surface area contributed by atoms with Gasteiger partial charge in [-0.15, -0.1) is 0 Å². The van der Waals surface area contributed by atoms with Crippen LogP contribution in [0.5, 0.6) is 5.75 Å². The van der Waals surface area contributed by atoms with Gasteiger partial charge in [-0.2, -0.15) is 0 Å². The number of carbonyl (C=O) groups excluding carboxylic acids is 1. The fourth-order valence-corrected chi connectivity index (χ4v) is 2.30. The normalized spacial score (nSPS) is 23.4. The first-order valence-electron chi connectivity index (χ1n) is 5.68. The van der Waals surface area contributed by atoms with E-state index in [9.17, 15) is 4.79 Å². The van der Waals surface area contributed by atoms with Crippen LogP contribution in [0.4, 0.5) is 0 Å². The van der Waals surface area contributed by atoms with Crippen molar-refractivity contribution >= 4 is 5.97 Å². The summed E-state index contributed by atoms with van der Waals surface area (Å²) in [4.78, 5) is 11.7. The van der Waals surface area contributed by atoms with E-state index in [2.05, 4.69) is 5.32 Å². The molecule has 1 heterocycles. The van der Waals surface area contributed by atoms with Crippen LogP contribution in [0.25, 0.3) is 0 Å². The lowest BCUT2D eigenvalue weighted by molar-refractivity contribution is -0.145. The average molecular weight is 235 g/mol. The zero-order valence-electron chi connectivity index (χ0n) is 10.1. The molecule has 1 fully saturated rings. The topological polar surface area (TPSA) is 47.6 Å². The third-order valence-electron chi connectivity index (χ3n) is 3.24. The third-order valence-corrected chi connectivity index (χ3v) is 3.24. The van der Waals surface area contributed by atoms with Gasteiger partial charge in [-0.05, 0) is 17.7 Å². The summed E-state index contributed by atoms with van der Waals surface area (Å²) in [5.41, 5.74) is 1.12. The van der Waals surface area contributed by atoms with Crippen molar-refractivity contribution < 1.29 is 14.3 Å². The van der Waals surface area contributed by atoms with Crippen LogP contribution >= 0.6 is 0 Å². The van der Waals surface area contributed by atoms with E-state index in [-0.39, 0.29) is 17.8 Å². The highest BCUT2D eigenvalue weighted by atomic mass is 16.5. The first kappa shape index (κ1) is 11.9. The van der Waals surface area contributed by atoms with E-state index in [4.69, 9.17) is 9.47 Å². The fourth-order valence-electron chi connectivity index (χ4n) is 2.30. The lowest BCUT2D eigenvalue weighted by Crippen LogP contribution is -2.22. The van der Waals surface area contributed by atoms with Crippen molar-refractivity contribution in [2.45, 2.75) is 5.92 Å². The first-order chi connectivity index (χ1) is 8.26. The highest BCUT2D eigenvalue weighted by Gasteiger charge is 2.34. The average Bonchev–Trinajstić information content (AvgIpc) is 2.87. The Bertz CT molecular complexity index is 405.